The Labute approximate surface area is 131 Å². The van der Waals surface area contributed by atoms with Gasteiger partial charge in [-0.25, -0.2) is 0 Å². The van der Waals surface area contributed by atoms with Crippen LogP contribution in [0.2, 0.25) is 0 Å². The van der Waals surface area contributed by atoms with Crippen molar-refractivity contribution >= 4 is 5.91 Å². The fourth-order valence-electron chi connectivity index (χ4n) is 2.20. The molecule has 1 amide bonds. The molecule has 4 heteroatoms. The van der Waals surface area contributed by atoms with Gasteiger partial charge in [-0.2, -0.15) is 5.26 Å². The van der Waals surface area contributed by atoms with E-state index < -0.39 is 0 Å². The minimum Gasteiger partial charge on any atom is -0.334 e. The Hall–Kier alpha value is -2.67. The van der Waals surface area contributed by atoms with Crippen LogP contribution in [0.1, 0.15) is 40.5 Å². The molecule has 0 aliphatic rings. The Morgan fingerprint density at radius 1 is 1.23 bits per heavy atom. The van der Waals surface area contributed by atoms with Gasteiger partial charge in [0.15, 0.2) is 0 Å². The lowest BCUT2D eigenvalue weighted by Crippen LogP contribution is -2.31. The smallest absolute Gasteiger partial charge is 0.255 e. The lowest BCUT2D eigenvalue weighted by atomic mass is 10.1. The van der Waals surface area contributed by atoms with Crippen molar-refractivity contribution in [3.8, 4) is 6.07 Å². The molecule has 0 spiro atoms. The van der Waals surface area contributed by atoms with Crippen LogP contribution < -0.4 is 0 Å². The maximum Gasteiger partial charge on any atom is 0.255 e. The molecule has 1 aromatic carbocycles. The Bertz CT molecular complexity index is 669. The van der Waals surface area contributed by atoms with Crippen molar-refractivity contribution in [3.05, 3.63) is 65.0 Å². The topological polar surface area (TPSA) is 57.0 Å². The minimum atomic E-state index is -0.0151. The molecule has 0 unspecified atom stereocenters. The maximum absolute atomic E-state index is 12.6. The highest BCUT2D eigenvalue weighted by Gasteiger charge is 2.15. The Morgan fingerprint density at radius 3 is 2.50 bits per heavy atom. The summed E-state index contributed by atoms with van der Waals surface area (Å²) < 4.78 is 0. The molecule has 0 saturated heterocycles. The van der Waals surface area contributed by atoms with E-state index in [0.717, 1.165) is 17.7 Å². The summed E-state index contributed by atoms with van der Waals surface area (Å²) in [6, 6.07) is 13.1. The van der Waals surface area contributed by atoms with Crippen LogP contribution in [-0.2, 0) is 6.54 Å². The molecule has 112 valence electrons. The largest absolute Gasteiger partial charge is 0.334 e. The number of aromatic nitrogens is 1. The first kappa shape index (κ1) is 15.7. The van der Waals surface area contributed by atoms with E-state index in [1.807, 2.05) is 43.0 Å². The van der Waals surface area contributed by atoms with Gasteiger partial charge in [0, 0.05) is 25.0 Å². The fourth-order valence-corrected chi connectivity index (χ4v) is 2.20. The Kier molecular flexibility index (Phi) is 5.26. The third kappa shape index (κ3) is 3.92. The molecular weight excluding hydrogens is 274 g/mol. The zero-order chi connectivity index (χ0) is 15.9. The SMILES string of the molecule is CCCN(Cc1ccc(C#N)cc1)C(=O)c1ccc(C)nc1. The number of carbonyl (C=O) groups is 1. The van der Waals surface area contributed by atoms with Crippen molar-refractivity contribution in [1.29, 1.82) is 5.26 Å². The van der Waals surface area contributed by atoms with E-state index in [2.05, 4.69) is 11.1 Å². The summed E-state index contributed by atoms with van der Waals surface area (Å²) in [5.41, 5.74) is 3.14. The quantitative estimate of drug-likeness (QED) is 0.849. The van der Waals surface area contributed by atoms with Gasteiger partial charge in [0.05, 0.1) is 17.2 Å². The molecule has 0 saturated carbocycles. The van der Waals surface area contributed by atoms with Crippen molar-refractivity contribution in [2.75, 3.05) is 6.54 Å². The molecule has 4 nitrogen and oxygen atoms in total. The average molecular weight is 293 g/mol. The van der Waals surface area contributed by atoms with Gasteiger partial charge in [-0.1, -0.05) is 19.1 Å². The van der Waals surface area contributed by atoms with Crippen LogP contribution in [0.15, 0.2) is 42.6 Å². The first-order chi connectivity index (χ1) is 10.6. The Balaban J connectivity index is 2.16. The summed E-state index contributed by atoms with van der Waals surface area (Å²) in [5.74, 6) is -0.0151. The summed E-state index contributed by atoms with van der Waals surface area (Å²) >= 11 is 0. The molecule has 0 aliphatic heterocycles. The van der Waals surface area contributed by atoms with Crippen LogP contribution in [0.4, 0.5) is 0 Å². The first-order valence-corrected chi connectivity index (χ1v) is 7.35. The summed E-state index contributed by atoms with van der Waals surface area (Å²) in [6.45, 7) is 5.17. The van der Waals surface area contributed by atoms with Crippen LogP contribution in [0.3, 0.4) is 0 Å². The van der Waals surface area contributed by atoms with Gasteiger partial charge in [-0.3, -0.25) is 9.78 Å². The standard InChI is InChI=1S/C18H19N3O/c1-3-10-21(13-16-7-5-15(11-19)6-8-16)18(22)17-9-4-14(2)20-12-17/h4-9,12H,3,10,13H2,1-2H3. The molecular formula is C18H19N3O. The first-order valence-electron chi connectivity index (χ1n) is 7.35. The molecule has 0 atom stereocenters. The number of nitriles is 1. The molecule has 2 aromatic rings. The molecule has 0 aliphatic carbocycles. The monoisotopic (exact) mass is 293 g/mol. The van der Waals surface area contributed by atoms with Crippen molar-refractivity contribution in [2.24, 2.45) is 0 Å². The highest BCUT2D eigenvalue weighted by Crippen LogP contribution is 2.12. The highest BCUT2D eigenvalue weighted by molar-refractivity contribution is 5.93. The summed E-state index contributed by atoms with van der Waals surface area (Å²) in [5, 5.41) is 8.83. The minimum absolute atomic E-state index is 0.0151. The van der Waals surface area contributed by atoms with Crippen LogP contribution >= 0.6 is 0 Å². The maximum atomic E-state index is 12.6. The second kappa shape index (κ2) is 7.37. The van der Waals surface area contributed by atoms with E-state index in [9.17, 15) is 4.79 Å². The van der Waals surface area contributed by atoms with Gasteiger partial charge in [-0.05, 0) is 43.2 Å². The van der Waals surface area contributed by atoms with Crippen LogP contribution in [0, 0.1) is 18.3 Å². The third-order valence-corrected chi connectivity index (χ3v) is 3.40. The number of rotatable bonds is 5. The molecule has 2 rings (SSSR count). The van der Waals surface area contributed by atoms with E-state index in [1.54, 1.807) is 18.3 Å². The van der Waals surface area contributed by atoms with E-state index in [4.69, 9.17) is 5.26 Å². The lowest BCUT2D eigenvalue weighted by Gasteiger charge is -2.22. The van der Waals surface area contributed by atoms with E-state index >= 15 is 0 Å². The van der Waals surface area contributed by atoms with E-state index in [1.165, 1.54) is 0 Å². The molecule has 0 radical (unpaired) electrons. The zero-order valence-electron chi connectivity index (χ0n) is 12.9. The molecule has 0 N–H and O–H groups in total. The van der Waals surface area contributed by atoms with Crippen molar-refractivity contribution < 1.29 is 4.79 Å². The number of hydrogen-bond donors (Lipinski definition) is 0. The molecule has 1 aromatic heterocycles. The van der Waals surface area contributed by atoms with Crippen molar-refractivity contribution in [2.45, 2.75) is 26.8 Å². The number of benzene rings is 1. The highest BCUT2D eigenvalue weighted by atomic mass is 16.2. The van der Waals surface area contributed by atoms with Gasteiger partial charge in [0.2, 0.25) is 0 Å². The molecule has 1 heterocycles. The Morgan fingerprint density at radius 2 is 1.95 bits per heavy atom. The van der Waals surface area contributed by atoms with Gasteiger partial charge in [-0.15, -0.1) is 0 Å². The zero-order valence-corrected chi connectivity index (χ0v) is 12.9. The van der Waals surface area contributed by atoms with Crippen LogP contribution in [-0.4, -0.2) is 22.3 Å². The average Bonchev–Trinajstić information content (AvgIpc) is 2.55. The number of nitrogens with zero attached hydrogens (tertiary/aromatic N) is 3. The van der Waals surface area contributed by atoms with Crippen molar-refractivity contribution in [1.82, 2.24) is 9.88 Å². The molecule has 0 fully saturated rings. The van der Waals surface area contributed by atoms with Gasteiger partial charge >= 0.3 is 0 Å². The predicted molar refractivity (Wildman–Crippen MR) is 85.2 cm³/mol. The van der Waals surface area contributed by atoms with Gasteiger partial charge in [0.25, 0.3) is 5.91 Å². The second-order valence-electron chi connectivity index (χ2n) is 5.22. The summed E-state index contributed by atoms with van der Waals surface area (Å²) in [6.07, 6.45) is 2.51. The number of carbonyl (C=O) groups excluding carboxylic acids is 1. The van der Waals surface area contributed by atoms with E-state index in [-0.39, 0.29) is 5.91 Å². The van der Waals surface area contributed by atoms with Crippen molar-refractivity contribution in [3.63, 3.8) is 0 Å². The van der Waals surface area contributed by atoms with Gasteiger partial charge in [0.1, 0.15) is 0 Å². The van der Waals surface area contributed by atoms with Gasteiger partial charge < -0.3 is 4.90 Å². The normalized spacial score (nSPS) is 10.0. The van der Waals surface area contributed by atoms with E-state index in [0.29, 0.717) is 24.2 Å². The number of amides is 1. The molecule has 22 heavy (non-hydrogen) atoms. The fraction of sp³-hybridized carbons (Fsp3) is 0.278. The number of pyridine rings is 1. The predicted octanol–water partition coefficient (Wildman–Crippen LogP) is 3.31. The molecule has 0 bridgehead atoms. The number of hydrogen-bond acceptors (Lipinski definition) is 3. The van der Waals surface area contributed by atoms with Crippen LogP contribution in [0.25, 0.3) is 0 Å². The van der Waals surface area contributed by atoms with Crippen LogP contribution in [0.5, 0.6) is 0 Å². The third-order valence-electron chi connectivity index (χ3n) is 3.40. The summed E-state index contributed by atoms with van der Waals surface area (Å²) in [4.78, 5) is 18.6. The second-order valence-corrected chi connectivity index (χ2v) is 5.22. The lowest BCUT2D eigenvalue weighted by molar-refractivity contribution is 0.0743. The number of aryl methyl sites for hydroxylation is 1. The summed E-state index contributed by atoms with van der Waals surface area (Å²) in [7, 11) is 0.